The van der Waals surface area contributed by atoms with Crippen molar-refractivity contribution in [3.05, 3.63) is 0 Å². The van der Waals surface area contributed by atoms with Crippen molar-refractivity contribution in [3.8, 4) is 0 Å². The maximum absolute atomic E-state index is 0. The molecule has 0 atom stereocenters. The van der Waals surface area contributed by atoms with E-state index in [1.165, 1.54) is 0 Å². The molecule has 0 bridgehead atoms. The molecule has 0 saturated heterocycles. The van der Waals surface area contributed by atoms with Crippen molar-refractivity contribution >= 4 is 25.8 Å². The van der Waals surface area contributed by atoms with Crippen LogP contribution in [0.3, 0.4) is 0 Å². The van der Waals surface area contributed by atoms with E-state index in [2.05, 4.69) is 0 Å². The summed E-state index contributed by atoms with van der Waals surface area (Å²) < 4.78 is 0. The molecule has 0 rings (SSSR count). The molecule has 0 fully saturated rings. The fourth-order valence-corrected chi connectivity index (χ4v) is 0. The zero-order valence-electron chi connectivity index (χ0n) is 3.42. The van der Waals surface area contributed by atoms with Gasteiger partial charge in [0.25, 0.3) is 0 Å². The summed E-state index contributed by atoms with van der Waals surface area (Å²) >= 11 is 0. The van der Waals surface area contributed by atoms with E-state index in [-0.39, 0.29) is 100 Å². The molecule has 0 aliphatic carbocycles. The van der Waals surface area contributed by atoms with Gasteiger partial charge in [0.2, 0.25) is 0 Å². The van der Waals surface area contributed by atoms with Crippen LogP contribution >= 0.6 is 0 Å². The van der Waals surface area contributed by atoms with Crippen molar-refractivity contribution in [1.82, 2.24) is 0 Å². The van der Waals surface area contributed by atoms with Crippen molar-refractivity contribution < 1.29 is 74.4 Å². The Hall–Kier alpha value is 2.34. The molecule has 0 spiro atoms. The Labute approximate surface area is 99.5 Å². The Morgan fingerprint density at radius 3 is 0.375 bits per heavy atom. The van der Waals surface area contributed by atoms with Crippen LogP contribution in [0.15, 0.2) is 0 Å². The predicted molar refractivity (Wildman–Crippen MR) is 11.5 cm³/mol. The molecule has 8 heteroatoms. The minimum Gasteiger partial charge on any atom is -1.00 e. The zero-order valence-corrected chi connectivity index (χ0v) is 9.11. The Kier molecular flexibility index (Phi) is 2450. The normalized spacial score (nSPS) is 0. The van der Waals surface area contributed by atoms with Gasteiger partial charge in [-0.1, -0.05) is 0 Å². The van der Waals surface area contributed by atoms with Gasteiger partial charge in [-0.25, -0.2) is 0 Å². The second kappa shape index (κ2) is 119. The van der Waals surface area contributed by atoms with E-state index in [1.807, 2.05) is 0 Å². The monoisotopic (exact) mass is 248 g/mol. The first-order chi connectivity index (χ1) is 0. The molecule has 0 saturated carbocycles. The molecule has 48 valence electrons. The summed E-state index contributed by atoms with van der Waals surface area (Å²) in [6.45, 7) is 0. The van der Waals surface area contributed by atoms with Gasteiger partial charge >= 0.3 is 25.8 Å². The van der Waals surface area contributed by atoms with E-state index in [0.29, 0.717) is 0 Å². The molecule has 0 nitrogen and oxygen atoms in total. The van der Waals surface area contributed by atoms with Crippen LogP contribution < -0.4 is 74.4 Å². The average Bonchev–Trinajstić information content (AvgIpc) is 0. The molecule has 0 radical (unpaired) electrons. The van der Waals surface area contributed by atoms with Gasteiger partial charge < -0.3 is 74.4 Å². The molecule has 8 heavy (non-hydrogen) atoms. The number of hydrogen-bond acceptors (Lipinski definition) is 0. The summed E-state index contributed by atoms with van der Waals surface area (Å²) in [5.74, 6) is 0. The largest absolute Gasteiger partial charge is 3.00 e. The van der Waals surface area contributed by atoms with Crippen LogP contribution in [0.4, 0.5) is 0 Å². The molecule has 0 unspecified atom stereocenters. The molecule has 0 aromatic rings. The SMILES string of the molecule is [Al+3].[B+3].[Cl-].[Cl-].[Cl-].[Cl-].[Cl-].[Cl-]. The Bertz CT molecular complexity index is 8.49. The van der Waals surface area contributed by atoms with Gasteiger partial charge in [-0.15, -0.1) is 0 Å². The van der Waals surface area contributed by atoms with E-state index < -0.39 is 0 Å². The third-order valence-corrected chi connectivity index (χ3v) is 0. The average molecular weight is 251 g/mol. The quantitative estimate of drug-likeness (QED) is 0.375. The number of hydrogen-bond donors (Lipinski definition) is 0. The third kappa shape index (κ3) is 82.2. The van der Waals surface area contributed by atoms with E-state index in [9.17, 15) is 0 Å². The second-order valence-electron chi connectivity index (χ2n) is 0. The Morgan fingerprint density at radius 2 is 0.375 bits per heavy atom. The third-order valence-electron chi connectivity index (χ3n) is 0. The van der Waals surface area contributed by atoms with Crippen molar-refractivity contribution in [2.24, 2.45) is 0 Å². The van der Waals surface area contributed by atoms with Crippen molar-refractivity contribution in [3.63, 3.8) is 0 Å². The second-order valence-corrected chi connectivity index (χ2v) is 0. The minimum absolute atomic E-state index is 0. The standard InChI is InChI=1S/Al.B.6ClH/h;;6*1H/q2*+3;;;;;;/p-6. The van der Waals surface area contributed by atoms with Gasteiger partial charge in [-0.2, -0.15) is 0 Å². The summed E-state index contributed by atoms with van der Waals surface area (Å²) in [5.41, 5.74) is 0. The first kappa shape index (κ1) is 165. The Morgan fingerprint density at radius 1 is 0.375 bits per heavy atom. The molecule has 0 aromatic heterocycles. The fourth-order valence-electron chi connectivity index (χ4n) is 0. The summed E-state index contributed by atoms with van der Waals surface area (Å²) in [5, 5.41) is 0. The van der Waals surface area contributed by atoms with Crippen LogP contribution in [0.25, 0.3) is 0 Å². The molecular weight excluding hydrogens is 251 g/mol. The van der Waals surface area contributed by atoms with E-state index >= 15 is 0 Å². The first-order valence-electron chi connectivity index (χ1n) is 0. The number of halogens is 6. The Balaban J connectivity index is 0. The molecule has 0 aliphatic heterocycles. The van der Waals surface area contributed by atoms with Gasteiger partial charge in [0.1, 0.15) is 0 Å². The zero-order chi connectivity index (χ0) is 0. The van der Waals surface area contributed by atoms with E-state index in [4.69, 9.17) is 0 Å². The van der Waals surface area contributed by atoms with Gasteiger partial charge in [0, 0.05) is 0 Å². The summed E-state index contributed by atoms with van der Waals surface area (Å²) in [4.78, 5) is 0. The predicted octanol–water partition coefficient (Wildman–Crippen LogP) is -18.7. The van der Waals surface area contributed by atoms with Crippen LogP contribution in [0, 0.1) is 0 Å². The van der Waals surface area contributed by atoms with Crippen LogP contribution in [-0.2, 0) is 0 Å². The molecular formula is AlBCl6. The van der Waals surface area contributed by atoms with Gasteiger partial charge in [-0.3, -0.25) is 0 Å². The smallest absolute Gasteiger partial charge is 1.00 e. The molecule has 0 heterocycles. The maximum Gasteiger partial charge on any atom is 3.00 e. The van der Waals surface area contributed by atoms with Gasteiger partial charge in [0.15, 0.2) is 0 Å². The van der Waals surface area contributed by atoms with E-state index in [0.717, 1.165) is 0 Å². The maximum atomic E-state index is 0. The molecule has 0 aromatic carbocycles. The van der Waals surface area contributed by atoms with E-state index in [1.54, 1.807) is 0 Å². The summed E-state index contributed by atoms with van der Waals surface area (Å²) in [7, 11) is 0. The fraction of sp³-hybridized carbons (Fsp3) is 0. The van der Waals surface area contributed by atoms with Crippen LogP contribution in [0.2, 0.25) is 0 Å². The topological polar surface area (TPSA) is 0 Å². The van der Waals surface area contributed by atoms with Crippen molar-refractivity contribution in [1.29, 1.82) is 0 Å². The van der Waals surface area contributed by atoms with Crippen LogP contribution in [-0.4, -0.2) is 25.8 Å². The van der Waals surface area contributed by atoms with Gasteiger partial charge in [0.05, 0.1) is 0 Å². The first-order valence-corrected chi connectivity index (χ1v) is 0. The van der Waals surface area contributed by atoms with Crippen LogP contribution in [0.5, 0.6) is 0 Å². The minimum atomic E-state index is 0. The van der Waals surface area contributed by atoms with Gasteiger partial charge in [-0.05, 0) is 0 Å². The van der Waals surface area contributed by atoms with Crippen molar-refractivity contribution in [2.75, 3.05) is 0 Å². The molecule has 0 aliphatic rings. The van der Waals surface area contributed by atoms with Crippen LogP contribution in [0.1, 0.15) is 0 Å². The molecule has 0 N–H and O–H groups in total. The molecule has 0 amide bonds. The summed E-state index contributed by atoms with van der Waals surface area (Å²) in [6, 6.07) is 0. The summed E-state index contributed by atoms with van der Waals surface area (Å²) in [6.07, 6.45) is 0. The van der Waals surface area contributed by atoms with Crippen molar-refractivity contribution in [2.45, 2.75) is 0 Å². The number of rotatable bonds is 0.